The van der Waals surface area contributed by atoms with Gasteiger partial charge in [0.2, 0.25) is 0 Å². The fraction of sp³-hybridized carbons (Fsp3) is 0.667. The Kier molecular flexibility index (Phi) is 3.79. The van der Waals surface area contributed by atoms with E-state index >= 15 is 0 Å². The third-order valence-corrected chi connectivity index (χ3v) is 4.14. The number of hydrogen-bond acceptors (Lipinski definition) is 4. The third-order valence-electron chi connectivity index (χ3n) is 3.27. The van der Waals surface area contributed by atoms with Crippen LogP contribution in [-0.4, -0.2) is 39.6 Å². The van der Waals surface area contributed by atoms with Crippen molar-refractivity contribution in [2.45, 2.75) is 45.2 Å². The summed E-state index contributed by atoms with van der Waals surface area (Å²) in [6.07, 6.45) is 3.32. The molecule has 17 heavy (non-hydrogen) atoms. The minimum absolute atomic E-state index is 0.180. The summed E-state index contributed by atoms with van der Waals surface area (Å²) in [6.45, 7) is 5.57. The van der Waals surface area contributed by atoms with Gasteiger partial charge in [-0.1, -0.05) is 0 Å². The zero-order valence-electron chi connectivity index (χ0n) is 10.2. The number of nitrogens with zero attached hydrogens (tertiary/aromatic N) is 2. The molecule has 4 nitrogen and oxygen atoms in total. The molecule has 0 radical (unpaired) electrons. The first-order valence-corrected chi connectivity index (χ1v) is 6.89. The fourth-order valence-corrected chi connectivity index (χ4v) is 3.30. The number of likely N-dealkylation sites (tertiary alicyclic amines) is 1. The first kappa shape index (κ1) is 12.5. The van der Waals surface area contributed by atoms with Crippen molar-refractivity contribution in [3.63, 3.8) is 0 Å². The smallest absolute Gasteiger partial charge is 0.355 e. The van der Waals surface area contributed by atoms with Gasteiger partial charge < -0.3 is 5.11 Å². The summed E-state index contributed by atoms with van der Waals surface area (Å²) in [5, 5.41) is 11.4. The van der Waals surface area contributed by atoms with Crippen LogP contribution in [0.3, 0.4) is 0 Å². The molecule has 2 rings (SSSR count). The second kappa shape index (κ2) is 5.14. The van der Waals surface area contributed by atoms with E-state index in [-0.39, 0.29) is 5.69 Å². The Hall–Kier alpha value is -0.940. The summed E-state index contributed by atoms with van der Waals surface area (Å²) < 4.78 is 0. The Balaban J connectivity index is 2.02. The van der Waals surface area contributed by atoms with E-state index in [0.29, 0.717) is 12.1 Å². The van der Waals surface area contributed by atoms with Crippen molar-refractivity contribution in [1.82, 2.24) is 9.88 Å². The predicted molar refractivity (Wildman–Crippen MR) is 67.6 cm³/mol. The Morgan fingerprint density at radius 1 is 1.71 bits per heavy atom. The van der Waals surface area contributed by atoms with Gasteiger partial charge in [0.05, 0.1) is 5.01 Å². The molecule has 1 saturated heterocycles. The Morgan fingerprint density at radius 3 is 3.06 bits per heavy atom. The molecule has 1 aliphatic heterocycles. The number of aromatic nitrogens is 1. The summed E-state index contributed by atoms with van der Waals surface area (Å²) >= 11 is 1.46. The van der Waals surface area contributed by atoms with Crippen LogP contribution in [0.4, 0.5) is 0 Å². The molecule has 0 saturated carbocycles. The van der Waals surface area contributed by atoms with Gasteiger partial charge in [0.1, 0.15) is 0 Å². The number of carbonyl (C=O) groups is 1. The monoisotopic (exact) mass is 254 g/mol. The topological polar surface area (TPSA) is 53.4 Å². The van der Waals surface area contributed by atoms with E-state index in [9.17, 15) is 4.79 Å². The van der Waals surface area contributed by atoms with Gasteiger partial charge in [-0.05, 0) is 33.2 Å². The molecule has 5 heteroatoms. The molecular formula is C12H18N2O2S. The number of thiazole rings is 1. The number of aromatic carboxylic acids is 1. The molecule has 1 N–H and O–H groups in total. The zero-order valence-corrected chi connectivity index (χ0v) is 11.0. The molecule has 0 bridgehead atoms. The highest BCUT2D eigenvalue weighted by Gasteiger charge is 2.27. The number of carboxylic acid groups (broad SMARTS) is 1. The highest BCUT2D eigenvalue weighted by molar-refractivity contribution is 7.09. The lowest BCUT2D eigenvalue weighted by molar-refractivity contribution is 0.0691. The molecule has 1 aromatic rings. The molecule has 1 unspecified atom stereocenters. The lowest BCUT2D eigenvalue weighted by Gasteiger charge is -2.27. The van der Waals surface area contributed by atoms with Crippen LogP contribution in [0, 0.1) is 0 Å². The van der Waals surface area contributed by atoms with Crippen LogP contribution in [0.2, 0.25) is 0 Å². The largest absolute Gasteiger partial charge is 0.476 e. The average Bonchev–Trinajstić information content (AvgIpc) is 2.86. The van der Waals surface area contributed by atoms with Crippen molar-refractivity contribution >= 4 is 17.3 Å². The molecule has 1 atom stereocenters. The van der Waals surface area contributed by atoms with Gasteiger partial charge in [-0.2, -0.15) is 0 Å². The van der Waals surface area contributed by atoms with Crippen molar-refractivity contribution in [2.24, 2.45) is 0 Å². The Morgan fingerprint density at radius 2 is 2.47 bits per heavy atom. The molecule has 1 aromatic heterocycles. The van der Waals surface area contributed by atoms with Gasteiger partial charge in [0, 0.05) is 23.9 Å². The maximum Gasteiger partial charge on any atom is 0.355 e. The summed E-state index contributed by atoms with van der Waals surface area (Å²) in [5.41, 5.74) is 0.180. The highest BCUT2D eigenvalue weighted by Crippen LogP contribution is 2.24. The minimum atomic E-state index is -0.931. The van der Waals surface area contributed by atoms with Gasteiger partial charge in [0.25, 0.3) is 0 Å². The van der Waals surface area contributed by atoms with Crippen molar-refractivity contribution < 1.29 is 9.90 Å². The molecule has 94 valence electrons. The molecule has 0 aliphatic carbocycles. The third kappa shape index (κ3) is 2.84. The quantitative estimate of drug-likeness (QED) is 0.895. The lowest BCUT2D eigenvalue weighted by Crippen LogP contribution is -2.36. The Bertz CT molecular complexity index is 403. The maximum absolute atomic E-state index is 10.8. The minimum Gasteiger partial charge on any atom is -0.476 e. The second-order valence-electron chi connectivity index (χ2n) is 4.76. The van der Waals surface area contributed by atoms with Gasteiger partial charge in [0.15, 0.2) is 5.69 Å². The van der Waals surface area contributed by atoms with Crippen LogP contribution >= 0.6 is 11.3 Å². The van der Waals surface area contributed by atoms with E-state index in [1.165, 1.54) is 24.2 Å². The predicted octanol–water partition coefficient (Wildman–Crippen LogP) is 2.26. The molecule has 1 fully saturated rings. The van der Waals surface area contributed by atoms with E-state index in [0.717, 1.165) is 18.0 Å². The van der Waals surface area contributed by atoms with E-state index < -0.39 is 5.97 Å². The molecule has 2 heterocycles. The van der Waals surface area contributed by atoms with E-state index in [4.69, 9.17) is 5.11 Å². The van der Waals surface area contributed by atoms with Crippen LogP contribution in [0.1, 0.15) is 42.2 Å². The van der Waals surface area contributed by atoms with E-state index in [1.54, 1.807) is 5.38 Å². The van der Waals surface area contributed by atoms with Crippen molar-refractivity contribution in [2.75, 3.05) is 6.54 Å². The van der Waals surface area contributed by atoms with Gasteiger partial charge in [-0.3, -0.25) is 4.90 Å². The number of rotatable bonds is 4. The SMILES string of the molecule is CC(C)N1CCCC1Cc1nc(C(=O)O)cs1. The van der Waals surface area contributed by atoms with Crippen LogP contribution in [-0.2, 0) is 6.42 Å². The summed E-state index contributed by atoms with van der Waals surface area (Å²) in [6, 6.07) is 1.09. The van der Waals surface area contributed by atoms with E-state index in [2.05, 4.69) is 23.7 Å². The second-order valence-corrected chi connectivity index (χ2v) is 5.71. The highest BCUT2D eigenvalue weighted by atomic mass is 32.1. The van der Waals surface area contributed by atoms with Crippen LogP contribution in [0.15, 0.2) is 5.38 Å². The maximum atomic E-state index is 10.8. The van der Waals surface area contributed by atoms with Crippen LogP contribution in [0.25, 0.3) is 0 Å². The van der Waals surface area contributed by atoms with E-state index in [1.807, 2.05) is 0 Å². The standard InChI is InChI=1S/C12H18N2O2S/c1-8(2)14-5-3-4-9(14)6-11-13-10(7-17-11)12(15)16/h7-9H,3-6H2,1-2H3,(H,15,16). The first-order chi connectivity index (χ1) is 8.08. The molecule has 1 aliphatic rings. The summed E-state index contributed by atoms with van der Waals surface area (Å²) in [4.78, 5) is 17.4. The molecular weight excluding hydrogens is 236 g/mol. The van der Waals surface area contributed by atoms with Crippen molar-refractivity contribution in [3.05, 3.63) is 16.1 Å². The number of carboxylic acids is 1. The van der Waals surface area contributed by atoms with Crippen LogP contribution < -0.4 is 0 Å². The van der Waals surface area contributed by atoms with Crippen molar-refractivity contribution in [3.8, 4) is 0 Å². The molecule has 0 aromatic carbocycles. The average molecular weight is 254 g/mol. The zero-order chi connectivity index (χ0) is 12.4. The lowest BCUT2D eigenvalue weighted by atomic mass is 10.1. The van der Waals surface area contributed by atoms with Gasteiger partial charge >= 0.3 is 5.97 Å². The number of hydrogen-bond donors (Lipinski definition) is 1. The van der Waals surface area contributed by atoms with Gasteiger partial charge in [-0.15, -0.1) is 11.3 Å². The molecule has 0 spiro atoms. The first-order valence-electron chi connectivity index (χ1n) is 6.01. The Labute approximate surface area is 105 Å². The molecule has 0 amide bonds. The normalized spacial score (nSPS) is 21.2. The summed E-state index contributed by atoms with van der Waals surface area (Å²) in [7, 11) is 0. The van der Waals surface area contributed by atoms with Gasteiger partial charge in [-0.25, -0.2) is 9.78 Å². The van der Waals surface area contributed by atoms with Crippen LogP contribution in [0.5, 0.6) is 0 Å². The summed E-state index contributed by atoms with van der Waals surface area (Å²) in [5.74, 6) is -0.931. The van der Waals surface area contributed by atoms with Crippen molar-refractivity contribution in [1.29, 1.82) is 0 Å². The fourth-order valence-electron chi connectivity index (χ4n) is 2.46.